The Labute approximate surface area is 181 Å². The molecule has 0 radical (unpaired) electrons. The summed E-state index contributed by atoms with van der Waals surface area (Å²) >= 11 is 6.17. The van der Waals surface area contributed by atoms with Gasteiger partial charge < -0.3 is 10.2 Å². The number of anilines is 2. The average Bonchev–Trinajstić information content (AvgIpc) is 2.99. The van der Waals surface area contributed by atoms with Crippen LogP contribution in [0.25, 0.3) is 0 Å². The van der Waals surface area contributed by atoms with Crippen LogP contribution in [0.15, 0.2) is 52.4 Å². The number of hydrogen-bond donors (Lipinski definition) is 2. The van der Waals surface area contributed by atoms with Gasteiger partial charge >= 0.3 is 0 Å². The van der Waals surface area contributed by atoms with E-state index >= 15 is 0 Å². The molecule has 158 valence electrons. The third-order valence-electron chi connectivity index (χ3n) is 5.28. The third-order valence-corrected chi connectivity index (χ3v) is 6.91. The first-order valence-electron chi connectivity index (χ1n) is 9.90. The summed E-state index contributed by atoms with van der Waals surface area (Å²) in [6, 6.07) is 11.2. The minimum Gasteiger partial charge on any atom is -0.370 e. The summed E-state index contributed by atoms with van der Waals surface area (Å²) in [6.07, 6.45) is 3.43. The largest absolute Gasteiger partial charge is 0.370 e. The Kier molecular flexibility index (Phi) is 5.71. The number of amidine groups is 1. The fourth-order valence-electron chi connectivity index (χ4n) is 3.74. The number of piperidine rings is 1. The zero-order valence-electron chi connectivity index (χ0n) is 16.6. The highest BCUT2D eigenvalue weighted by Gasteiger charge is 2.31. The zero-order valence-corrected chi connectivity index (χ0v) is 18.1. The number of halogens is 1. The molecule has 30 heavy (non-hydrogen) atoms. The van der Waals surface area contributed by atoms with E-state index in [2.05, 4.69) is 19.9 Å². The molecule has 2 aliphatic heterocycles. The van der Waals surface area contributed by atoms with E-state index in [4.69, 9.17) is 11.6 Å². The lowest BCUT2D eigenvalue weighted by Gasteiger charge is -2.30. The molecule has 0 aliphatic carbocycles. The topological polar surface area (TPSA) is 90.9 Å². The Morgan fingerprint density at radius 1 is 1.17 bits per heavy atom. The molecule has 0 bridgehead atoms. The summed E-state index contributed by atoms with van der Waals surface area (Å²) in [6.45, 7) is 3.49. The molecule has 1 fully saturated rings. The maximum absolute atomic E-state index is 12.9. The smallest absolute Gasteiger partial charge is 0.263 e. The number of hydrogen-bond acceptors (Lipinski definition) is 5. The zero-order chi connectivity index (χ0) is 21.3. The molecule has 0 unspecified atom stereocenters. The van der Waals surface area contributed by atoms with Crippen molar-refractivity contribution in [1.82, 2.24) is 4.72 Å². The van der Waals surface area contributed by atoms with E-state index in [1.54, 1.807) is 31.2 Å². The molecule has 0 spiro atoms. The second-order valence-corrected chi connectivity index (χ2v) is 9.54. The predicted octanol–water partition coefficient (Wildman–Crippen LogP) is 3.40. The van der Waals surface area contributed by atoms with E-state index in [0.29, 0.717) is 16.3 Å². The number of sulfonamides is 1. The van der Waals surface area contributed by atoms with Crippen LogP contribution in [0.5, 0.6) is 0 Å². The number of fused-ring (bicyclic) bond motifs is 1. The molecular weight excluding hydrogens is 424 g/mol. The number of nitrogens with one attached hydrogen (secondary N) is 2. The summed E-state index contributed by atoms with van der Waals surface area (Å²) in [7, 11) is -3.65. The summed E-state index contributed by atoms with van der Waals surface area (Å²) in [5, 5.41) is 3.45. The number of aliphatic imine (C=N–C) groups is 1. The van der Waals surface area contributed by atoms with Gasteiger partial charge in [-0.2, -0.15) is 0 Å². The average molecular weight is 447 g/mol. The van der Waals surface area contributed by atoms with Crippen molar-refractivity contribution in [3.8, 4) is 0 Å². The predicted molar refractivity (Wildman–Crippen MR) is 119 cm³/mol. The molecule has 2 aromatic carbocycles. The molecule has 0 saturated carbocycles. The molecule has 7 nitrogen and oxygen atoms in total. The van der Waals surface area contributed by atoms with Crippen molar-refractivity contribution in [2.45, 2.75) is 37.1 Å². The van der Waals surface area contributed by atoms with E-state index in [-0.39, 0.29) is 16.6 Å². The molecule has 1 atom stereocenters. The number of nitrogens with zero attached hydrogens (tertiary/aromatic N) is 2. The van der Waals surface area contributed by atoms with Gasteiger partial charge in [-0.15, -0.1) is 0 Å². The second kappa shape index (κ2) is 8.28. The number of carbonyl (C=O) groups is 1. The quantitative estimate of drug-likeness (QED) is 0.753. The molecule has 2 aliphatic rings. The molecule has 9 heteroatoms. The van der Waals surface area contributed by atoms with Crippen molar-refractivity contribution in [2.24, 2.45) is 4.99 Å². The molecule has 0 aromatic heterocycles. The Bertz CT molecular complexity index is 1110. The molecule has 2 N–H and O–H groups in total. The van der Waals surface area contributed by atoms with Gasteiger partial charge in [0.25, 0.3) is 10.0 Å². The molecule has 1 saturated heterocycles. The van der Waals surface area contributed by atoms with E-state index in [9.17, 15) is 13.2 Å². The molecule has 2 heterocycles. The maximum Gasteiger partial charge on any atom is 0.263 e. The summed E-state index contributed by atoms with van der Waals surface area (Å²) in [5.74, 6) is -0.165. The summed E-state index contributed by atoms with van der Waals surface area (Å²) < 4.78 is 26.9. The van der Waals surface area contributed by atoms with Crippen LogP contribution in [-0.4, -0.2) is 39.3 Å². The van der Waals surface area contributed by atoms with Crippen LogP contribution in [-0.2, 0) is 14.8 Å². The van der Waals surface area contributed by atoms with Crippen molar-refractivity contribution in [3.05, 3.63) is 53.1 Å². The van der Waals surface area contributed by atoms with Crippen molar-refractivity contribution < 1.29 is 13.2 Å². The molecule has 1 amide bonds. The van der Waals surface area contributed by atoms with Crippen molar-refractivity contribution in [1.29, 1.82) is 0 Å². The highest BCUT2D eigenvalue weighted by Crippen LogP contribution is 2.31. The SMILES string of the molecule is C[C@H](N=C1NS(=O)(=O)c2ccccc21)C(=O)Nc1cc(Cl)ccc1N1CCCCC1. The lowest BCUT2D eigenvalue weighted by molar-refractivity contribution is -0.117. The van der Waals surface area contributed by atoms with Crippen LogP contribution < -0.4 is 14.9 Å². The number of benzene rings is 2. The van der Waals surface area contributed by atoms with Gasteiger partial charge in [-0.3, -0.25) is 14.5 Å². The van der Waals surface area contributed by atoms with Crippen LogP contribution >= 0.6 is 11.6 Å². The summed E-state index contributed by atoms with van der Waals surface area (Å²) in [5.41, 5.74) is 2.03. The monoisotopic (exact) mass is 446 g/mol. The van der Waals surface area contributed by atoms with Gasteiger partial charge in [0.05, 0.1) is 16.3 Å². The molecule has 4 rings (SSSR count). The van der Waals surface area contributed by atoms with Crippen LogP contribution in [0, 0.1) is 0 Å². The Morgan fingerprint density at radius 2 is 1.90 bits per heavy atom. The van der Waals surface area contributed by atoms with Crippen molar-refractivity contribution in [2.75, 3.05) is 23.3 Å². The van der Waals surface area contributed by atoms with Crippen molar-refractivity contribution in [3.63, 3.8) is 0 Å². The fraction of sp³-hybridized carbons (Fsp3) is 0.333. The lowest BCUT2D eigenvalue weighted by atomic mass is 10.1. The minimum atomic E-state index is -3.65. The van der Waals surface area contributed by atoms with Crippen LogP contribution in [0.1, 0.15) is 31.7 Å². The standard InChI is InChI=1S/C21H23ClN4O3S/c1-14(23-20-16-7-3-4-8-19(16)30(28,29)25-20)21(27)24-17-13-15(22)9-10-18(17)26-11-5-2-6-12-26/h3-4,7-10,13-14H,2,5-6,11-12H2,1H3,(H,23,25)(H,24,27)/t14-/m0/s1. The van der Waals surface area contributed by atoms with Gasteiger partial charge in [-0.05, 0) is 56.5 Å². The van der Waals surface area contributed by atoms with Crippen LogP contribution in [0.4, 0.5) is 11.4 Å². The number of amides is 1. The highest BCUT2D eigenvalue weighted by molar-refractivity contribution is 7.90. The first-order valence-corrected chi connectivity index (χ1v) is 11.8. The van der Waals surface area contributed by atoms with Crippen LogP contribution in [0.2, 0.25) is 5.02 Å². The Balaban J connectivity index is 1.57. The second-order valence-electron chi connectivity index (χ2n) is 7.45. The maximum atomic E-state index is 12.9. The van der Waals surface area contributed by atoms with Gasteiger partial charge in [0.15, 0.2) is 0 Å². The first kappa shape index (κ1) is 20.7. The summed E-state index contributed by atoms with van der Waals surface area (Å²) in [4.78, 5) is 19.6. The number of rotatable bonds is 4. The van der Waals surface area contributed by atoms with E-state index in [1.165, 1.54) is 12.5 Å². The Morgan fingerprint density at radius 3 is 2.67 bits per heavy atom. The Hall–Kier alpha value is -2.58. The normalized spacial score (nSPS) is 19.8. The van der Waals surface area contributed by atoms with Gasteiger partial charge in [0.2, 0.25) is 5.91 Å². The van der Waals surface area contributed by atoms with Gasteiger partial charge in [0.1, 0.15) is 11.9 Å². The van der Waals surface area contributed by atoms with E-state index < -0.39 is 16.1 Å². The van der Waals surface area contributed by atoms with Gasteiger partial charge in [0, 0.05) is 23.7 Å². The van der Waals surface area contributed by atoms with Crippen molar-refractivity contribution >= 4 is 44.7 Å². The van der Waals surface area contributed by atoms with E-state index in [0.717, 1.165) is 31.6 Å². The third kappa shape index (κ3) is 4.15. The lowest BCUT2D eigenvalue weighted by Crippen LogP contribution is -2.32. The first-order chi connectivity index (χ1) is 14.3. The minimum absolute atomic E-state index is 0.165. The number of carbonyl (C=O) groups excluding carboxylic acids is 1. The molecule has 2 aromatic rings. The fourth-order valence-corrected chi connectivity index (χ4v) is 5.15. The van der Waals surface area contributed by atoms with Crippen LogP contribution in [0.3, 0.4) is 0 Å². The van der Waals surface area contributed by atoms with Gasteiger partial charge in [-0.1, -0.05) is 23.7 Å². The highest BCUT2D eigenvalue weighted by atomic mass is 35.5. The van der Waals surface area contributed by atoms with Gasteiger partial charge in [-0.25, -0.2) is 8.42 Å². The van der Waals surface area contributed by atoms with E-state index in [1.807, 2.05) is 12.1 Å². The molecular formula is C21H23ClN4O3S.